The van der Waals surface area contributed by atoms with Gasteiger partial charge in [-0.3, -0.25) is 4.79 Å². The van der Waals surface area contributed by atoms with Crippen LogP contribution in [0.1, 0.15) is 47.6 Å². The van der Waals surface area contributed by atoms with Gasteiger partial charge in [0.1, 0.15) is 11.7 Å². The van der Waals surface area contributed by atoms with Gasteiger partial charge in [0, 0.05) is 40.7 Å². The van der Waals surface area contributed by atoms with Crippen molar-refractivity contribution in [3.8, 4) is 11.1 Å². The quantitative estimate of drug-likeness (QED) is 0.284. The normalized spacial score (nSPS) is 14.6. The second kappa shape index (κ2) is 12.5. The summed E-state index contributed by atoms with van der Waals surface area (Å²) in [6.07, 6.45) is 2.33. The minimum Gasteiger partial charge on any atom is -0.467 e. The molecule has 2 heterocycles. The SMILES string of the molecule is CCC(NC(=S)N1CCC(c2nc(C(=O)Nc3ccccc3-c3ccc(Cl)cc3)cs2)CC1)C(=O)OC. The molecule has 2 aromatic carbocycles. The van der Waals surface area contributed by atoms with Gasteiger partial charge in [-0.15, -0.1) is 11.3 Å². The number of carbonyl (C=O) groups excluding carboxylic acids is 2. The van der Waals surface area contributed by atoms with Gasteiger partial charge in [-0.1, -0.05) is 48.9 Å². The van der Waals surface area contributed by atoms with Crippen LogP contribution in [0.15, 0.2) is 53.9 Å². The first kappa shape index (κ1) is 27.0. The Kier molecular flexibility index (Phi) is 9.13. The van der Waals surface area contributed by atoms with Gasteiger partial charge in [-0.2, -0.15) is 0 Å². The van der Waals surface area contributed by atoms with Crippen molar-refractivity contribution in [2.75, 3.05) is 25.5 Å². The predicted molar refractivity (Wildman–Crippen MR) is 152 cm³/mol. The Balaban J connectivity index is 1.36. The summed E-state index contributed by atoms with van der Waals surface area (Å²) in [5.74, 6) is -0.293. The molecule has 1 atom stereocenters. The van der Waals surface area contributed by atoms with E-state index < -0.39 is 6.04 Å². The smallest absolute Gasteiger partial charge is 0.328 e. The molecule has 1 aliphatic heterocycles. The Morgan fingerprint density at radius 1 is 1.19 bits per heavy atom. The van der Waals surface area contributed by atoms with Crippen molar-refractivity contribution in [2.45, 2.75) is 38.1 Å². The fourth-order valence-electron chi connectivity index (χ4n) is 4.28. The van der Waals surface area contributed by atoms with Crippen molar-refractivity contribution < 1.29 is 14.3 Å². The molecule has 1 amide bonds. The summed E-state index contributed by atoms with van der Waals surface area (Å²) in [4.78, 5) is 31.7. The van der Waals surface area contributed by atoms with Gasteiger partial charge in [-0.25, -0.2) is 9.78 Å². The van der Waals surface area contributed by atoms with E-state index in [1.165, 1.54) is 18.4 Å². The highest BCUT2D eigenvalue weighted by Crippen LogP contribution is 2.32. The third-order valence-electron chi connectivity index (χ3n) is 6.41. The van der Waals surface area contributed by atoms with Crippen molar-refractivity contribution in [1.82, 2.24) is 15.2 Å². The highest BCUT2D eigenvalue weighted by Gasteiger charge is 2.27. The molecule has 10 heteroatoms. The molecule has 2 N–H and O–H groups in total. The van der Waals surface area contributed by atoms with Gasteiger partial charge in [0.15, 0.2) is 5.11 Å². The minimum atomic E-state index is -0.444. The average Bonchev–Trinajstić information content (AvgIpc) is 3.43. The van der Waals surface area contributed by atoms with Crippen LogP contribution in [0.4, 0.5) is 5.69 Å². The highest BCUT2D eigenvalue weighted by atomic mass is 35.5. The fraction of sp³-hybridized carbons (Fsp3) is 0.333. The summed E-state index contributed by atoms with van der Waals surface area (Å²) < 4.78 is 4.83. The van der Waals surface area contributed by atoms with E-state index in [4.69, 9.17) is 28.6 Å². The maximum atomic E-state index is 13.0. The number of benzene rings is 2. The van der Waals surface area contributed by atoms with Crippen LogP contribution in [0.2, 0.25) is 5.02 Å². The van der Waals surface area contributed by atoms with Gasteiger partial charge < -0.3 is 20.3 Å². The predicted octanol–water partition coefficient (Wildman–Crippen LogP) is 5.72. The standard InChI is InChI=1S/C27H29ClN4O3S2/c1-3-21(26(34)35-2)31-27(36)32-14-12-18(13-15-32)25-30-23(16-37-25)24(33)29-22-7-5-4-6-20(22)17-8-10-19(28)11-9-17/h4-11,16,18,21H,3,12-15H2,1-2H3,(H,29,33)(H,31,36). The lowest BCUT2D eigenvalue weighted by Crippen LogP contribution is -2.49. The van der Waals surface area contributed by atoms with E-state index in [2.05, 4.69) is 20.5 Å². The number of likely N-dealkylation sites (tertiary alicyclic amines) is 1. The molecule has 0 radical (unpaired) electrons. The molecule has 1 aromatic heterocycles. The molecule has 4 rings (SSSR count). The van der Waals surface area contributed by atoms with E-state index in [1.54, 1.807) is 0 Å². The number of carbonyl (C=O) groups is 2. The molecule has 1 fully saturated rings. The molecule has 0 bridgehead atoms. The van der Waals surface area contributed by atoms with E-state index >= 15 is 0 Å². The Morgan fingerprint density at radius 2 is 1.89 bits per heavy atom. The lowest BCUT2D eigenvalue weighted by atomic mass is 9.98. The van der Waals surface area contributed by atoms with Crippen molar-refractivity contribution in [2.24, 2.45) is 0 Å². The summed E-state index contributed by atoms with van der Waals surface area (Å²) in [6, 6.07) is 14.8. The molecule has 0 saturated carbocycles. The molecule has 1 unspecified atom stereocenters. The molecule has 37 heavy (non-hydrogen) atoms. The molecule has 3 aromatic rings. The van der Waals surface area contributed by atoms with E-state index in [0.29, 0.717) is 22.2 Å². The first-order valence-corrected chi connectivity index (χ1v) is 13.8. The summed E-state index contributed by atoms with van der Waals surface area (Å²) >= 11 is 13.1. The van der Waals surface area contributed by atoms with E-state index in [-0.39, 0.29) is 17.8 Å². The number of nitrogens with one attached hydrogen (secondary N) is 2. The number of hydrogen-bond acceptors (Lipinski definition) is 6. The van der Waals surface area contributed by atoms with Crippen molar-refractivity contribution in [1.29, 1.82) is 0 Å². The molecule has 194 valence electrons. The molecule has 0 spiro atoms. The lowest BCUT2D eigenvalue weighted by molar-refractivity contribution is -0.142. The number of ether oxygens (including phenoxy) is 1. The van der Waals surface area contributed by atoms with Crippen LogP contribution >= 0.6 is 35.2 Å². The number of methoxy groups -OCH3 is 1. The Labute approximate surface area is 231 Å². The number of aromatic nitrogens is 1. The third kappa shape index (κ3) is 6.66. The van der Waals surface area contributed by atoms with Crippen molar-refractivity contribution >= 4 is 57.8 Å². The maximum Gasteiger partial charge on any atom is 0.328 e. The van der Waals surface area contributed by atoms with Crippen LogP contribution in [0.25, 0.3) is 11.1 Å². The number of thiocarbonyl (C=S) groups is 1. The van der Waals surface area contributed by atoms with Gasteiger partial charge in [0.05, 0.1) is 12.1 Å². The Morgan fingerprint density at radius 3 is 2.57 bits per heavy atom. The highest BCUT2D eigenvalue weighted by molar-refractivity contribution is 7.80. The number of nitrogens with zero attached hydrogens (tertiary/aromatic N) is 2. The molecular formula is C27H29ClN4O3S2. The number of anilines is 1. The second-order valence-electron chi connectivity index (χ2n) is 8.77. The summed E-state index contributed by atoms with van der Waals surface area (Å²) in [6.45, 7) is 3.42. The van der Waals surface area contributed by atoms with Gasteiger partial charge in [-0.05, 0) is 55.2 Å². The number of piperidine rings is 1. The molecule has 7 nitrogen and oxygen atoms in total. The van der Waals surface area contributed by atoms with Crippen LogP contribution in [-0.4, -0.2) is 53.1 Å². The van der Waals surface area contributed by atoms with Crippen molar-refractivity contribution in [3.05, 3.63) is 69.6 Å². The first-order chi connectivity index (χ1) is 17.9. The minimum absolute atomic E-state index is 0.236. The maximum absolute atomic E-state index is 13.0. The summed E-state index contributed by atoms with van der Waals surface area (Å²) in [7, 11) is 1.38. The first-order valence-electron chi connectivity index (χ1n) is 12.1. The van der Waals surface area contributed by atoms with Crippen LogP contribution in [0.5, 0.6) is 0 Å². The van der Waals surface area contributed by atoms with Gasteiger partial charge in [0.25, 0.3) is 5.91 Å². The number of halogens is 1. The Hall–Kier alpha value is -3.01. The summed E-state index contributed by atoms with van der Waals surface area (Å²) in [5.41, 5.74) is 3.01. The van der Waals surface area contributed by atoms with Crippen LogP contribution < -0.4 is 10.6 Å². The molecular weight excluding hydrogens is 528 g/mol. The van der Waals surface area contributed by atoms with Gasteiger partial charge in [0.2, 0.25) is 0 Å². The number of thiazole rings is 1. The molecule has 1 aliphatic rings. The van der Waals surface area contributed by atoms with Crippen LogP contribution in [-0.2, 0) is 9.53 Å². The number of hydrogen-bond donors (Lipinski definition) is 2. The zero-order chi connectivity index (χ0) is 26.4. The largest absolute Gasteiger partial charge is 0.467 e. The van der Waals surface area contributed by atoms with Gasteiger partial charge >= 0.3 is 5.97 Å². The fourth-order valence-corrected chi connectivity index (χ4v) is 5.70. The van der Waals surface area contributed by atoms with E-state index in [9.17, 15) is 9.59 Å². The summed E-state index contributed by atoms with van der Waals surface area (Å²) in [5, 5.41) is 10.1. The number of rotatable bonds is 7. The molecule has 1 saturated heterocycles. The van der Waals surface area contributed by atoms with Crippen LogP contribution in [0.3, 0.4) is 0 Å². The third-order valence-corrected chi connectivity index (χ3v) is 8.04. The van der Waals surface area contributed by atoms with Crippen LogP contribution in [0, 0.1) is 0 Å². The average molecular weight is 557 g/mol. The number of esters is 1. The zero-order valence-corrected chi connectivity index (χ0v) is 23.1. The van der Waals surface area contributed by atoms with Crippen molar-refractivity contribution in [3.63, 3.8) is 0 Å². The Bertz CT molecular complexity index is 1260. The topological polar surface area (TPSA) is 83.6 Å². The zero-order valence-electron chi connectivity index (χ0n) is 20.7. The number of para-hydroxylation sites is 1. The van der Waals surface area contributed by atoms with E-state index in [1.807, 2.05) is 60.8 Å². The second-order valence-corrected chi connectivity index (χ2v) is 10.5. The molecule has 0 aliphatic carbocycles. The lowest BCUT2D eigenvalue weighted by Gasteiger charge is -2.34. The number of amides is 1. The van der Waals surface area contributed by atoms with E-state index in [0.717, 1.165) is 47.8 Å². The monoisotopic (exact) mass is 556 g/mol.